The van der Waals surface area contributed by atoms with Crippen molar-refractivity contribution in [1.29, 1.82) is 0 Å². The van der Waals surface area contributed by atoms with Crippen LogP contribution in [0.5, 0.6) is 5.75 Å². The fraction of sp³-hybridized carbons (Fsp3) is 0.500. The molecule has 0 aromatic heterocycles. The highest BCUT2D eigenvalue weighted by Crippen LogP contribution is 2.12. The summed E-state index contributed by atoms with van der Waals surface area (Å²) >= 11 is 0. The third kappa shape index (κ3) is 6.83. The van der Waals surface area contributed by atoms with E-state index in [1.54, 1.807) is 0 Å². The summed E-state index contributed by atoms with van der Waals surface area (Å²) < 4.78 is 5.67. The van der Waals surface area contributed by atoms with Crippen molar-refractivity contribution in [3.8, 4) is 5.75 Å². The molecule has 0 saturated heterocycles. The molecule has 0 radical (unpaired) electrons. The van der Waals surface area contributed by atoms with Crippen LogP contribution in [0.25, 0.3) is 0 Å². The van der Waals surface area contributed by atoms with Crippen LogP contribution in [-0.4, -0.2) is 6.61 Å². The molecule has 0 heterocycles. The second kappa shape index (κ2) is 8.86. The molecule has 1 rings (SSSR count). The van der Waals surface area contributed by atoms with Crippen molar-refractivity contribution in [1.82, 2.24) is 0 Å². The van der Waals surface area contributed by atoms with Crippen LogP contribution >= 0.6 is 0 Å². The average molecular weight is 232 g/mol. The van der Waals surface area contributed by atoms with E-state index in [-0.39, 0.29) is 0 Å². The molecule has 1 aromatic rings. The zero-order valence-electron chi connectivity index (χ0n) is 11.0. The molecule has 1 nitrogen and oxygen atoms in total. The third-order valence-electron chi connectivity index (χ3n) is 2.84. The number of allylic oxidation sites excluding steroid dienone is 1. The SMILES string of the molecule is C=CCCCCCCCOc1ccc(C)cc1. The lowest BCUT2D eigenvalue weighted by Crippen LogP contribution is -1.97. The summed E-state index contributed by atoms with van der Waals surface area (Å²) in [4.78, 5) is 0. The fourth-order valence-electron chi connectivity index (χ4n) is 1.75. The summed E-state index contributed by atoms with van der Waals surface area (Å²) in [6, 6.07) is 8.26. The fourth-order valence-corrected chi connectivity index (χ4v) is 1.75. The summed E-state index contributed by atoms with van der Waals surface area (Å²) in [6.45, 7) is 6.66. The highest BCUT2D eigenvalue weighted by molar-refractivity contribution is 5.26. The monoisotopic (exact) mass is 232 g/mol. The van der Waals surface area contributed by atoms with Crippen molar-refractivity contribution in [2.75, 3.05) is 6.61 Å². The van der Waals surface area contributed by atoms with Gasteiger partial charge in [0.25, 0.3) is 0 Å². The Morgan fingerprint density at radius 1 is 1.00 bits per heavy atom. The quantitative estimate of drug-likeness (QED) is 0.434. The summed E-state index contributed by atoms with van der Waals surface area (Å²) in [5, 5.41) is 0. The molecule has 94 valence electrons. The maximum absolute atomic E-state index is 5.67. The predicted octanol–water partition coefficient (Wildman–Crippen LogP) is 4.90. The highest BCUT2D eigenvalue weighted by atomic mass is 16.5. The smallest absolute Gasteiger partial charge is 0.119 e. The Balaban J connectivity index is 1.97. The van der Waals surface area contributed by atoms with E-state index >= 15 is 0 Å². The first kappa shape index (κ1) is 13.8. The number of hydrogen-bond acceptors (Lipinski definition) is 1. The Kier molecular flexibility index (Phi) is 7.20. The van der Waals surface area contributed by atoms with Gasteiger partial charge in [0.05, 0.1) is 6.61 Å². The number of hydrogen-bond donors (Lipinski definition) is 0. The predicted molar refractivity (Wildman–Crippen MR) is 74.6 cm³/mol. The molecular formula is C16H24O. The molecule has 0 fully saturated rings. The van der Waals surface area contributed by atoms with Gasteiger partial charge in [-0.3, -0.25) is 0 Å². The molecule has 0 N–H and O–H groups in total. The lowest BCUT2D eigenvalue weighted by molar-refractivity contribution is 0.304. The lowest BCUT2D eigenvalue weighted by atomic mass is 10.1. The minimum absolute atomic E-state index is 0.838. The maximum Gasteiger partial charge on any atom is 0.119 e. The average Bonchev–Trinajstić information content (AvgIpc) is 2.35. The van der Waals surface area contributed by atoms with Gasteiger partial charge < -0.3 is 4.74 Å². The summed E-state index contributed by atoms with van der Waals surface area (Å²) in [7, 11) is 0. The minimum atomic E-state index is 0.838. The van der Waals surface area contributed by atoms with Crippen LogP contribution in [0.3, 0.4) is 0 Å². The van der Waals surface area contributed by atoms with Crippen molar-refractivity contribution in [3.63, 3.8) is 0 Å². The van der Waals surface area contributed by atoms with Crippen molar-refractivity contribution >= 4 is 0 Å². The first-order valence-electron chi connectivity index (χ1n) is 6.63. The van der Waals surface area contributed by atoms with Crippen LogP contribution in [0, 0.1) is 6.92 Å². The molecule has 0 bridgehead atoms. The summed E-state index contributed by atoms with van der Waals surface area (Å²) in [6.07, 6.45) is 9.48. The third-order valence-corrected chi connectivity index (χ3v) is 2.84. The van der Waals surface area contributed by atoms with Crippen LogP contribution < -0.4 is 4.74 Å². The van der Waals surface area contributed by atoms with Gasteiger partial charge in [-0.1, -0.05) is 43.0 Å². The molecule has 0 saturated carbocycles. The van der Waals surface area contributed by atoms with Crippen molar-refractivity contribution in [3.05, 3.63) is 42.5 Å². The van der Waals surface area contributed by atoms with Gasteiger partial charge in [0.15, 0.2) is 0 Å². The van der Waals surface area contributed by atoms with Gasteiger partial charge in [0, 0.05) is 0 Å². The van der Waals surface area contributed by atoms with E-state index in [4.69, 9.17) is 4.74 Å². The Morgan fingerprint density at radius 3 is 2.35 bits per heavy atom. The molecule has 0 unspecified atom stereocenters. The van der Waals surface area contributed by atoms with E-state index in [1.165, 1.54) is 31.2 Å². The number of unbranched alkanes of at least 4 members (excludes halogenated alkanes) is 5. The molecule has 0 amide bonds. The van der Waals surface area contributed by atoms with E-state index < -0.39 is 0 Å². The minimum Gasteiger partial charge on any atom is -0.494 e. The van der Waals surface area contributed by atoms with Gasteiger partial charge in [-0.15, -0.1) is 6.58 Å². The van der Waals surface area contributed by atoms with Crippen LogP contribution in [0.15, 0.2) is 36.9 Å². The number of aryl methyl sites for hydroxylation is 1. The van der Waals surface area contributed by atoms with Crippen LogP contribution in [0.1, 0.15) is 44.1 Å². The van der Waals surface area contributed by atoms with Gasteiger partial charge in [0.1, 0.15) is 5.75 Å². The van der Waals surface area contributed by atoms with Gasteiger partial charge in [-0.25, -0.2) is 0 Å². The molecule has 17 heavy (non-hydrogen) atoms. The van der Waals surface area contributed by atoms with Gasteiger partial charge >= 0.3 is 0 Å². The standard InChI is InChI=1S/C16H24O/c1-3-4-5-6-7-8-9-14-17-16-12-10-15(2)11-13-16/h3,10-13H,1,4-9,14H2,2H3. The first-order chi connectivity index (χ1) is 8.33. The van der Waals surface area contributed by atoms with E-state index in [2.05, 4.69) is 25.6 Å². The second-order valence-corrected chi connectivity index (χ2v) is 4.51. The maximum atomic E-state index is 5.67. The molecular weight excluding hydrogens is 208 g/mol. The number of ether oxygens (including phenoxy) is 1. The zero-order chi connectivity index (χ0) is 12.3. The normalized spacial score (nSPS) is 10.2. The number of rotatable bonds is 9. The van der Waals surface area contributed by atoms with Crippen molar-refractivity contribution < 1.29 is 4.74 Å². The van der Waals surface area contributed by atoms with E-state index in [9.17, 15) is 0 Å². The zero-order valence-corrected chi connectivity index (χ0v) is 11.0. The summed E-state index contributed by atoms with van der Waals surface area (Å²) in [5.74, 6) is 0.988. The summed E-state index contributed by atoms with van der Waals surface area (Å²) in [5.41, 5.74) is 1.28. The Hall–Kier alpha value is -1.24. The van der Waals surface area contributed by atoms with Crippen LogP contribution in [-0.2, 0) is 0 Å². The molecule has 0 atom stereocenters. The Labute approximate surface area is 106 Å². The Bertz CT molecular complexity index is 300. The molecule has 1 aromatic carbocycles. The molecule has 0 aliphatic carbocycles. The second-order valence-electron chi connectivity index (χ2n) is 4.51. The molecule has 0 spiro atoms. The van der Waals surface area contributed by atoms with Crippen LogP contribution in [0.2, 0.25) is 0 Å². The Morgan fingerprint density at radius 2 is 1.65 bits per heavy atom. The largest absolute Gasteiger partial charge is 0.494 e. The molecule has 1 heteroatoms. The van der Waals surface area contributed by atoms with E-state index in [0.29, 0.717) is 0 Å². The van der Waals surface area contributed by atoms with Crippen molar-refractivity contribution in [2.45, 2.75) is 45.4 Å². The number of benzene rings is 1. The van der Waals surface area contributed by atoms with Crippen LogP contribution in [0.4, 0.5) is 0 Å². The van der Waals surface area contributed by atoms with E-state index in [0.717, 1.165) is 25.2 Å². The van der Waals surface area contributed by atoms with Gasteiger partial charge in [0.2, 0.25) is 0 Å². The first-order valence-corrected chi connectivity index (χ1v) is 6.63. The molecule has 0 aliphatic heterocycles. The van der Waals surface area contributed by atoms with Crippen molar-refractivity contribution in [2.24, 2.45) is 0 Å². The molecule has 0 aliphatic rings. The van der Waals surface area contributed by atoms with E-state index in [1.807, 2.05) is 18.2 Å². The lowest BCUT2D eigenvalue weighted by Gasteiger charge is -2.06. The highest BCUT2D eigenvalue weighted by Gasteiger charge is 1.94. The topological polar surface area (TPSA) is 9.23 Å². The van der Waals surface area contributed by atoms with Gasteiger partial charge in [-0.05, 0) is 38.3 Å². The van der Waals surface area contributed by atoms with Gasteiger partial charge in [-0.2, -0.15) is 0 Å².